The SMILES string of the molecule is Cl.Cl.Cl.O=C(O)CN1CCC(N2CCN(Cc3ccccc3)CC2)CC1. The number of carboxylic acid groups (broad SMARTS) is 1. The molecule has 150 valence electrons. The van der Waals surface area contributed by atoms with Crippen LogP contribution in [0.4, 0.5) is 0 Å². The van der Waals surface area contributed by atoms with Crippen LogP contribution in [-0.2, 0) is 11.3 Å². The van der Waals surface area contributed by atoms with E-state index in [0.717, 1.165) is 58.7 Å². The van der Waals surface area contributed by atoms with Crippen LogP contribution in [0.5, 0.6) is 0 Å². The highest BCUT2D eigenvalue weighted by atomic mass is 35.5. The Morgan fingerprint density at radius 2 is 1.46 bits per heavy atom. The molecule has 2 aliphatic rings. The molecule has 1 aromatic carbocycles. The fourth-order valence-electron chi connectivity index (χ4n) is 3.76. The largest absolute Gasteiger partial charge is 0.480 e. The second kappa shape index (κ2) is 12.8. The fraction of sp³-hybridized carbons (Fsp3) is 0.611. The number of halogens is 3. The molecule has 2 fully saturated rings. The minimum absolute atomic E-state index is 0. The molecule has 0 bridgehead atoms. The van der Waals surface area contributed by atoms with Crippen molar-refractivity contribution in [1.29, 1.82) is 0 Å². The van der Waals surface area contributed by atoms with Crippen LogP contribution < -0.4 is 0 Å². The highest BCUT2D eigenvalue weighted by Crippen LogP contribution is 2.19. The summed E-state index contributed by atoms with van der Waals surface area (Å²) < 4.78 is 0. The summed E-state index contributed by atoms with van der Waals surface area (Å²) >= 11 is 0. The van der Waals surface area contributed by atoms with Crippen LogP contribution in [-0.4, -0.2) is 77.6 Å². The topological polar surface area (TPSA) is 47.0 Å². The molecule has 1 N–H and O–H groups in total. The van der Waals surface area contributed by atoms with Crippen molar-refractivity contribution < 1.29 is 9.90 Å². The number of piperazine rings is 1. The molecule has 0 aliphatic carbocycles. The molecule has 2 saturated heterocycles. The van der Waals surface area contributed by atoms with Crippen molar-refractivity contribution >= 4 is 43.2 Å². The van der Waals surface area contributed by atoms with Gasteiger partial charge < -0.3 is 5.11 Å². The van der Waals surface area contributed by atoms with Crippen LogP contribution in [0.1, 0.15) is 18.4 Å². The zero-order valence-electron chi connectivity index (χ0n) is 15.0. The van der Waals surface area contributed by atoms with E-state index in [2.05, 4.69) is 45.0 Å². The molecule has 0 radical (unpaired) electrons. The molecule has 3 rings (SSSR count). The molecule has 26 heavy (non-hydrogen) atoms. The summed E-state index contributed by atoms with van der Waals surface area (Å²) in [6.07, 6.45) is 2.21. The summed E-state index contributed by atoms with van der Waals surface area (Å²) in [7, 11) is 0. The van der Waals surface area contributed by atoms with Crippen molar-refractivity contribution in [3.63, 3.8) is 0 Å². The lowest BCUT2D eigenvalue weighted by Gasteiger charge is -2.42. The number of carboxylic acids is 1. The standard InChI is InChI=1S/C18H27N3O2.3ClH/c22-18(23)15-19-8-6-17(7-9-19)21-12-10-20(11-13-21)14-16-4-2-1-3-5-16;;;/h1-5,17H,6-15H2,(H,22,23);3*1H. The van der Waals surface area contributed by atoms with E-state index in [1.165, 1.54) is 5.56 Å². The summed E-state index contributed by atoms with van der Waals surface area (Å²) in [5.41, 5.74) is 1.39. The maximum absolute atomic E-state index is 10.8. The quantitative estimate of drug-likeness (QED) is 0.784. The van der Waals surface area contributed by atoms with Gasteiger partial charge in [0.2, 0.25) is 0 Å². The number of hydrogen-bond donors (Lipinski definition) is 1. The van der Waals surface area contributed by atoms with E-state index in [1.54, 1.807) is 0 Å². The maximum atomic E-state index is 10.8. The molecule has 0 spiro atoms. The highest BCUT2D eigenvalue weighted by molar-refractivity contribution is 5.86. The summed E-state index contributed by atoms with van der Waals surface area (Å²) in [4.78, 5) is 18.0. The molecule has 0 unspecified atom stereocenters. The minimum atomic E-state index is -0.710. The van der Waals surface area contributed by atoms with Crippen LogP contribution >= 0.6 is 37.2 Å². The Hall–Kier alpha value is -0.560. The van der Waals surface area contributed by atoms with Gasteiger partial charge in [0.1, 0.15) is 0 Å². The van der Waals surface area contributed by atoms with Gasteiger partial charge in [-0.15, -0.1) is 37.2 Å². The number of aliphatic carboxylic acids is 1. The smallest absolute Gasteiger partial charge is 0.317 e. The van der Waals surface area contributed by atoms with Crippen molar-refractivity contribution in [2.24, 2.45) is 0 Å². The van der Waals surface area contributed by atoms with Gasteiger partial charge in [-0.25, -0.2) is 0 Å². The average molecular weight is 427 g/mol. The number of benzene rings is 1. The molecular formula is C18H30Cl3N3O2. The van der Waals surface area contributed by atoms with E-state index in [1.807, 2.05) is 0 Å². The third-order valence-corrected chi connectivity index (χ3v) is 5.09. The predicted molar refractivity (Wildman–Crippen MR) is 112 cm³/mol. The van der Waals surface area contributed by atoms with E-state index in [4.69, 9.17) is 5.11 Å². The molecule has 0 saturated carbocycles. The molecule has 5 nitrogen and oxygen atoms in total. The van der Waals surface area contributed by atoms with E-state index in [0.29, 0.717) is 6.04 Å². The van der Waals surface area contributed by atoms with Crippen molar-refractivity contribution in [1.82, 2.24) is 14.7 Å². The van der Waals surface area contributed by atoms with Gasteiger partial charge in [0.25, 0.3) is 0 Å². The monoisotopic (exact) mass is 425 g/mol. The van der Waals surface area contributed by atoms with Crippen LogP contribution in [0, 0.1) is 0 Å². The zero-order chi connectivity index (χ0) is 16.1. The molecule has 2 aliphatic heterocycles. The van der Waals surface area contributed by atoms with Crippen LogP contribution in [0.25, 0.3) is 0 Å². The van der Waals surface area contributed by atoms with Gasteiger partial charge in [-0.05, 0) is 18.4 Å². The summed E-state index contributed by atoms with van der Waals surface area (Å²) in [6.45, 7) is 7.60. The van der Waals surface area contributed by atoms with Gasteiger partial charge in [-0.1, -0.05) is 30.3 Å². The first-order valence-electron chi connectivity index (χ1n) is 8.65. The first kappa shape index (κ1) is 25.4. The molecule has 0 amide bonds. The average Bonchev–Trinajstić information content (AvgIpc) is 2.57. The molecule has 1 aromatic rings. The van der Waals surface area contributed by atoms with Gasteiger partial charge in [-0.2, -0.15) is 0 Å². The third-order valence-electron chi connectivity index (χ3n) is 5.09. The van der Waals surface area contributed by atoms with Crippen LogP contribution in [0.15, 0.2) is 30.3 Å². The molecule has 8 heteroatoms. The Kier molecular flexibility index (Phi) is 12.5. The second-order valence-corrected chi connectivity index (χ2v) is 6.70. The van der Waals surface area contributed by atoms with Gasteiger partial charge >= 0.3 is 5.97 Å². The number of piperidine rings is 1. The molecule has 0 aromatic heterocycles. The van der Waals surface area contributed by atoms with Gasteiger partial charge in [-0.3, -0.25) is 19.5 Å². The molecular weight excluding hydrogens is 397 g/mol. The molecule has 0 atom stereocenters. The first-order valence-corrected chi connectivity index (χ1v) is 8.65. The Balaban J connectivity index is 0.00000208. The lowest BCUT2D eigenvalue weighted by Crippen LogP contribution is -2.53. The van der Waals surface area contributed by atoms with Crippen molar-refractivity contribution in [2.75, 3.05) is 45.8 Å². The summed E-state index contributed by atoms with van der Waals surface area (Å²) in [5.74, 6) is -0.710. The van der Waals surface area contributed by atoms with E-state index in [9.17, 15) is 4.79 Å². The lowest BCUT2D eigenvalue weighted by molar-refractivity contribution is -0.138. The Morgan fingerprint density at radius 1 is 0.885 bits per heavy atom. The normalized spacial score (nSPS) is 19.7. The van der Waals surface area contributed by atoms with E-state index < -0.39 is 5.97 Å². The Morgan fingerprint density at radius 3 is 2.00 bits per heavy atom. The highest BCUT2D eigenvalue weighted by Gasteiger charge is 2.27. The maximum Gasteiger partial charge on any atom is 0.317 e. The number of rotatable bonds is 5. The van der Waals surface area contributed by atoms with Crippen molar-refractivity contribution in [3.05, 3.63) is 35.9 Å². The van der Waals surface area contributed by atoms with Gasteiger partial charge in [0, 0.05) is 51.9 Å². The van der Waals surface area contributed by atoms with Gasteiger partial charge in [0.05, 0.1) is 6.54 Å². The second-order valence-electron chi connectivity index (χ2n) is 6.70. The van der Waals surface area contributed by atoms with Crippen LogP contribution in [0.3, 0.4) is 0 Å². The number of likely N-dealkylation sites (tertiary alicyclic amines) is 1. The fourth-order valence-corrected chi connectivity index (χ4v) is 3.76. The van der Waals surface area contributed by atoms with Crippen LogP contribution in [0.2, 0.25) is 0 Å². The van der Waals surface area contributed by atoms with Gasteiger partial charge in [0.15, 0.2) is 0 Å². The number of hydrogen-bond acceptors (Lipinski definition) is 4. The molecule has 2 heterocycles. The number of carbonyl (C=O) groups is 1. The first-order chi connectivity index (χ1) is 11.2. The Bertz CT molecular complexity index is 506. The zero-order valence-corrected chi connectivity index (χ0v) is 17.4. The number of nitrogens with zero attached hydrogens (tertiary/aromatic N) is 3. The van der Waals surface area contributed by atoms with Crippen molar-refractivity contribution in [2.45, 2.75) is 25.4 Å². The summed E-state index contributed by atoms with van der Waals surface area (Å²) in [6, 6.07) is 11.3. The summed E-state index contributed by atoms with van der Waals surface area (Å²) in [5, 5.41) is 8.87. The lowest BCUT2D eigenvalue weighted by atomic mass is 10.0. The minimum Gasteiger partial charge on any atom is -0.480 e. The Labute approximate surface area is 174 Å². The van der Waals surface area contributed by atoms with E-state index >= 15 is 0 Å². The third kappa shape index (κ3) is 7.59. The predicted octanol–water partition coefficient (Wildman–Crippen LogP) is 2.62. The van der Waals surface area contributed by atoms with Crippen molar-refractivity contribution in [3.8, 4) is 0 Å². The van der Waals surface area contributed by atoms with E-state index in [-0.39, 0.29) is 43.8 Å².